The minimum Gasteiger partial charge on any atom is -0.360 e. The minimum absolute atomic E-state index is 0.128. The first-order valence-electron chi connectivity index (χ1n) is 6.28. The Balaban J connectivity index is 2.22. The van der Waals surface area contributed by atoms with Crippen LogP contribution in [0, 0.1) is 0 Å². The molecule has 0 saturated carbocycles. The van der Waals surface area contributed by atoms with Gasteiger partial charge < -0.3 is 15.5 Å². The van der Waals surface area contributed by atoms with E-state index in [1.807, 2.05) is 39.1 Å². The molecule has 4 nitrogen and oxygen atoms in total. The van der Waals surface area contributed by atoms with Gasteiger partial charge in [-0.3, -0.25) is 4.79 Å². The Morgan fingerprint density at radius 1 is 1.28 bits per heavy atom. The van der Waals surface area contributed by atoms with Crippen LogP contribution in [0.15, 0.2) is 24.3 Å². The van der Waals surface area contributed by atoms with Gasteiger partial charge >= 0.3 is 0 Å². The van der Waals surface area contributed by atoms with E-state index >= 15 is 0 Å². The number of anilines is 2. The van der Waals surface area contributed by atoms with Crippen molar-refractivity contribution >= 4 is 17.3 Å². The van der Waals surface area contributed by atoms with Gasteiger partial charge in [0.2, 0.25) is 5.91 Å². The number of rotatable bonds is 3. The molecule has 18 heavy (non-hydrogen) atoms. The van der Waals surface area contributed by atoms with E-state index in [0.717, 1.165) is 24.3 Å². The molecule has 1 heterocycles. The lowest BCUT2D eigenvalue weighted by atomic mass is 10.0. The molecule has 2 rings (SSSR count). The summed E-state index contributed by atoms with van der Waals surface area (Å²) in [6.45, 7) is 5.26. The summed E-state index contributed by atoms with van der Waals surface area (Å²) < 4.78 is 0. The molecule has 0 fully saturated rings. The number of carbonyl (C=O) groups is 1. The molecule has 1 aliphatic rings. The molecular weight excluding hydrogens is 226 g/mol. The standard InChI is InChI=1S/C14H21N3O/c1-14(2,15)8-9-17-10-13(18)16(3)11-6-4-5-7-12(11)17/h4-7H,8-10,15H2,1-3H3. The van der Waals surface area contributed by atoms with Crippen molar-refractivity contribution in [2.45, 2.75) is 25.8 Å². The Labute approximate surface area is 108 Å². The number of para-hydroxylation sites is 2. The summed E-state index contributed by atoms with van der Waals surface area (Å²) in [6, 6.07) is 8.00. The number of amides is 1. The van der Waals surface area contributed by atoms with Crippen LogP contribution < -0.4 is 15.5 Å². The lowest BCUT2D eigenvalue weighted by Gasteiger charge is -2.36. The summed E-state index contributed by atoms with van der Waals surface area (Å²) in [5, 5.41) is 0. The highest BCUT2D eigenvalue weighted by Crippen LogP contribution is 2.32. The van der Waals surface area contributed by atoms with Gasteiger partial charge in [0.15, 0.2) is 0 Å². The lowest BCUT2D eigenvalue weighted by molar-refractivity contribution is -0.117. The molecule has 0 atom stereocenters. The van der Waals surface area contributed by atoms with E-state index in [-0.39, 0.29) is 11.4 Å². The topological polar surface area (TPSA) is 49.6 Å². The van der Waals surface area contributed by atoms with Gasteiger partial charge in [-0.15, -0.1) is 0 Å². The number of hydrogen-bond donors (Lipinski definition) is 1. The van der Waals surface area contributed by atoms with E-state index in [2.05, 4.69) is 11.0 Å². The number of likely N-dealkylation sites (N-methyl/N-ethyl adjacent to an activating group) is 1. The summed E-state index contributed by atoms with van der Waals surface area (Å²) in [6.07, 6.45) is 0.859. The molecule has 1 aliphatic heterocycles. The van der Waals surface area contributed by atoms with Crippen LogP contribution in [0.5, 0.6) is 0 Å². The van der Waals surface area contributed by atoms with E-state index in [4.69, 9.17) is 5.73 Å². The van der Waals surface area contributed by atoms with Crippen LogP contribution in [-0.4, -0.2) is 31.6 Å². The zero-order valence-electron chi connectivity index (χ0n) is 11.3. The maximum Gasteiger partial charge on any atom is 0.246 e. The SMILES string of the molecule is CN1C(=O)CN(CCC(C)(C)N)c2ccccc21. The number of benzene rings is 1. The van der Waals surface area contributed by atoms with Crippen molar-refractivity contribution in [1.82, 2.24) is 0 Å². The molecule has 0 radical (unpaired) electrons. The van der Waals surface area contributed by atoms with Gasteiger partial charge in [-0.1, -0.05) is 12.1 Å². The second-order valence-electron chi connectivity index (χ2n) is 5.60. The first-order valence-corrected chi connectivity index (χ1v) is 6.28. The predicted octanol–water partition coefficient (Wildman–Crippen LogP) is 1.60. The van der Waals surface area contributed by atoms with Crippen LogP contribution >= 0.6 is 0 Å². The molecular formula is C14H21N3O. The Morgan fingerprint density at radius 2 is 1.89 bits per heavy atom. The van der Waals surface area contributed by atoms with Gasteiger partial charge in [0.05, 0.1) is 17.9 Å². The molecule has 98 valence electrons. The van der Waals surface area contributed by atoms with Crippen LogP contribution in [0.1, 0.15) is 20.3 Å². The fourth-order valence-corrected chi connectivity index (χ4v) is 2.13. The fraction of sp³-hybridized carbons (Fsp3) is 0.500. The second kappa shape index (κ2) is 4.61. The fourth-order valence-electron chi connectivity index (χ4n) is 2.13. The molecule has 0 aliphatic carbocycles. The van der Waals surface area contributed by atoms with Crippen molar-refractivity contribution < 1.29 is 4.79 Å². The van der Waals surface area contributed by atoms with Crippen LogP contribution in [0.2, 0.25) is 0 Å². The zero-order chi connectivity index (χ0) is 13.3. The van der Waals surface area contributed by atoms with E-state index in [1.54, 1.807) is 4.90 Å². The Kier molecular flexibility index (Phi) is 3.30. The summed E-state index contributed by atoms with van der Waals surface area (Å²) in [7, 11) is 1.82. The van der Waals surface area contributed by atoms with E-state index < -0.39 is 0 Å². The highest BCUT2D eigenvalue weighted by molar-refractivity contribution is 6.02. The quantitative estimate of drug-likeness (QED) is 0.882. The van der Waals surface area contributed by atoms with E-state index in [9.17, 15) is 4.79 Å². The first kappa shape index (κ1) is 12.9. The smallest absolute Gasteiger partial charge is 0.246 e. The summed E-state index contributed by atoms with van der Waals surface area (Å²) in [4.78, 5) is 15.8. The third-order valence-corrected chi connectivity index (χ3v) is 3.31. The molecule has 0 bridgehead atoms. The molecule has 4 heteroatoms. The Hall–Kier alpha value is -1.55. The van der Waals surface area contributed by atoms with Crippen molar-refractivity contribution in [2.24, 2.45) is 5.73 Å². The van der Waals surface area contributed by atoms with Crippen LogP contribution in [0.3, 0.4) is 0 Å². The van der Waals surface area contributed by atoms with Gasteiger partial charge in [-0.2, -0.15) is 0 Å². The number of carbonyl (C=O) groups excluding carboxylic acids is 1. The number of nitrogens with two attached hydrogens (primary N) is 1. The van der Waals surface area contributed by atoms with E-state index in [1.165, 1.54) is 0 Å². The molecule has 1 aromatic rings. The van der Waals surface area contributed by atoms with Crippen molar-refractivity contribution in [3.8, 4) is 0 Å². The highest BCUT2D eigenvalue weighted by atomic mass is 16.2. The van der Waals surface area contributed by atoms with Crippen LogP contribution in [-0.2, 0) is 4.79 Å². The van der Waals surface area contributed by atoms with Crippen molar-refractivity contribution in [3.63, 3.8) is 0 Å². The van der Waals surface area contributed by atoms with Crippen molar-refractivity contribution in [3.05, 3.63) is 24.3 Å². The van der Waals surface area contributed by atoms with Gasteiger partial charge in [-0.25, -0.2) is 0 Å². The third kappa shape index (κ3) is 2.64. The molecule has 0 spiro atoms. The third-order valence-electron chi connectivity index (χ3n) is 3.31. The average molecular weight is 247 g/mol. The molecule has 1 amide bonds. The molecule has 2 N–H and O–H groups in total. The largest absolute Gasteiger partial charge is 0.360 e. The van der Waals surface area contributed by atoms with Gasteiger partial charge in [-0.05, 0) is 32.4 Å². The normalized spacial score (nSPS) is 15.9. The maximum absolute atomic E-state index is 11.9. The van der Waals surface area contributed by atoms with Gasteiger partial charge in [0, 0.05) is 19.1 Å². The summed E-state index contributed by atoms with van der Waals surface area (Å²) in [5.74, 6) is 0.128. The Bertz CT molecular complexity index is 451. The lowest BCUT2D eigenvalue weighted by Crippen LogP contribution is -2.46. The highest BCUT2D eigenvalue weighted by Gasteiger charge is 2.26. The predicted molar refractivity (Wildman–Crippen MR) is 74.9 cm³/mol. The van der Waals surface area contributed by atoms with Crippen molar-refractivity contribution in [2.75, 3.05) is 29.9 Å². The van der Waals surface area contributed by atoms with Crippen LogP contribution in [0.25, 0.3) is 0 Å². The zero-order valence-corrected chi connectivity index (χ0v) is 11.3. The number of hydrogen-bond acceptors (Lipinski definition) is 3. The van der Waals surface area contributed by atoms with Crippen molar-refractivity contribution in [1.29, 1.82) is 0 Å². The number of fused-ring (bicyclic) bond motifs is 1. The van der Waals surface area contributed by atoms with Crippen LogP contribution in [0.4, 0.5) is 11.4 Å². The average Bonchev–Trinajstić information content (AvgIpc) is 2.31. The second-order valence-corrected chi connectivity index (χ2v) is 5.60. The summed E-state index contributed by atoms with van der Waals surface area (Å²) >= 11 is 0. The molecule has 1 aromatic carbocycles. The van der Waals surface area contributed by atoms with Gasteiger partial charge in [0.25, 0.3) is 0 Å². The number of nitrogens with zero attached hydrogens (tertiary/aromatic N) is 2. The monoisotopic (exact) mass is 247 g/mol. The first-order chi connectivity index (χ1) is 8.38. The molecule has 0 aromatic heterocycles. The van der Waals surface area contributed by atoms with E-state index in [0.29, 0.717) is 6.54 Å². The molecule has 0 saturated heterocycles. The minimum atomic E-state index is -0.207. The Morgan fingerprint density at radius 3 is 2.50 bits per heavy atom. The summed E-state index contributed by atoms with van der Waals surface area (Å²) in [5.41, 5.74) is 7.90. The van der Waals surface area contributed by atoms with Gasteiger partial charge in [0.1, 0.15) is 0 Å². The molecule has 0 unspecified atom stereocenters. The maximum atomic E-state index is 11.9.